The van der Waals surface area contributed by atoms with Crippen molar-refractivity contribution in [2.45, 2.75) is 33.0 Å². The van der Waals surface area contributed by atoms with E-state index in [1.165, 1.54) is 0 Å². The van der Waals surface area contributed by atoms with E-state index in [0.717, 1.165) is 17.7 Å². The number of rotatable bonds is 7. The summed E-state index contributed by atoms with van der Waals surface area (Å²) in [7, 11) is 1.66. The van der Waals surface area contributed by atoms with Gasteiger partial charge in [0.1, 0.15) is 5.75 Å². The summed E-state index contributed by atoms with van der Waals surface area (Å²) in [6.07, 6.45) is 0.779. The molecule has 1 aromatic carbocycles. The fourth-order valence-corrected chi connectivity index (χ4v) is 1.93. The van der Waals surface area contributed by atoms with E-state index in [0.29, 0.717) is 13.2 Å². The van der Waals surface area contributed by atoms with E-state index in [-0.39, 0.29) is 0 Å². The minimum atomic E-state index is -0.629. The maximum Gasteiger partial charge on any atom is 0.194 e. The summed E-state index contributed by atoms with van der Waals surface area (Å²) in [5.74, 6) is 0.210. The minimum Gasteiger partial charge on any atom is -0.497 e. The molecule has 0 unspecified atom stereocenters. The molecule has 0 saturated heterocycles. The summed E-state index contributed by atoms with van der Waals surface area (Å²) in [6.45, 7) is 7.27. The monoisotopic (exact) mass is 238 g/mol. The molecule has 0 N–H and O–H groups in total. The SMILES string of the molecule is CCOC(CC)(OCC)c1ccc(OC)cc1. The molecular weight excluding hydrogens is 216 g/mol. The van der Waals surface area contributed by atoms with E-state index in [1.54, 1.807) is 7.11 Å². The molecule has 0 atom stereocenters. The first kappa shape index (κ1) is 14.0. The summed E-state index contributed by atoms with van der Waals surface area (Å²) in [5, 5.41) is 0. The molecule has 3 nitrogen and oxygen atoms in total. The predicted molar refractivity (Wildman–Crippen MR) is 68.2 cm³/mol. The van der Waals surface area contributed by atoms with Crippen LogP contribution in [0.2, 0.25) is 0 Å². The molecule has 96 valence electrons. The van der Waals surface area contributed by atoms with Crippen molar-refractivity contribution in [1.29, 1.82) is 0 Å². The van der Waals surface area contributed by atoms with Crippen LogP contribution < -0.4 is 4.74 Å². The Balaban J connectivity index is 3.01. The lowest BCUT2D eigenvalue weighted by atomic mass is 10.0. The molecule has 3 heteroatoms. The second-order valence-corrected chi connectivity index (χ2v) is 3.70. The van der Waals surface area contributed by atoms with Gasteiger partial charge in [-0.05, 0) is 38.1 Å². The Hall–Kier alpha value is -1.06. The van der Waals surface area contributed by atoms with Crippen molar-refractivity contribution >= 4 is 0 Å². The lowest BCUT2D eigenvalue weighted by molar-refractivity contribution is -0.244. The molecule has 0 amide bonds. The molecule has 0 spiro atoms. The highest BCUT2D eigenvalue weighted by Crippen LogP contribution is 2.32. The fraction of sp³-hybridized carbons (Fsp3) is 0.571. The van der Waals surface area contributed by atoms with E-state index in [2.05, 4.69) is 6.92 Å². The molecule has 1 aromatic rings. The van der Waals surface area contributed by atoms with Crippen LogP contribution in [0.4, 0.5) is 0 Å². The van der Waals surface area contributed by atoms with E-state index >= 15 is 0 Å². The van der Waals surface area contributed by atoms with Gasteiger partial charge in [0.15, 0.2) is 5.79 Å². The average Bonchev–Trinajstić information content (AvgIpc) is 2.38. The molecule has 0 saturated carbocycles. The molecular formula is C14H22O3. The fourth-order valence-electron chi connectivity index (χ4n) is 1.93. The predicted octanol–water partition coefficient (Wildman–Crippen LogP) is 3.33. The Morgan fingerprint density at radius 1 is 0.941 bits per heavy atom. The normalized spacial score (nSPS) is 11.5. The highest BCUT2D eigenvalue weighted by Gasteiger charge is 2.31. The third-order valence-corrected chi connectivity index (χ3v) is 2.75. The number of benzene rings is 1. The molecule has 0 aliphatic heterocycles. The molecule has 17 heavy (non-hydrogen) atoms. The van der Waals surface area contributed by atoms with Gasteiger partial charge in [-0.15, -0.1) is 0 Å². The Bertz CT molecular complexity index is 313. The standard InChI is InChI=1S/C14H22O3/c1-5-14(16-6-2,17-7-3)12-8-10-13(15-4)11-9-12/h8-11H,5-7H2,1-4H3. The van der Waals surface area contributed by atoms with Gasteiger partial charge in [0.2, 0.25) is 0 Å². The third-order valence-electron chi connectivity index (χ3n) is 2.75. The maximum absolute atomic E-state index is 5.82. The minimum absolute atomic E-state index is 0.625. The quantitative estimate of drug-likeness (QED) is 0.682. The summed E-state index contributed by atoms with van der Waals surface area (Å²) in [4.78, 5) is 0. The van der Waals surface area contributed by atoms with Crippen LogP contribution >= 0.6 is 0 Å². The Labute approximate surface area is 104 Å². The van der Waals surface area contributed by atoms with Crippen molar-refractivity contribution in [3.63, 3.8) is 0 Å². The Kier molecular flexibility index (Phi) is 5.45. The van der Waals surface area contributed by atoms with Crippen LogP contribution in [-0.2, 0) is 15.3 Å². The van der Waals surface area contributed by atoms with Crippen molar-refractivity contribution < 1.29 is 14.2 Å². The summed E-state index contributed by atoms with van der Waals surface area (Å²) in [6, 6.07) is 7.84. The van der Waals surface area contributed by atoms with Crippen molar-refractivity contribution in [3.8, 4) is 5.75 Å². The van der Waals surface area contributed by atoms with Crippen LogP contribution in [0.5, 0.6) is 5.75 Å². The van der Waals surface area contributed by atoms with Crippen LogP contribution in [0.25, 0.3) is 0 Å². The Morgan fingerprint density at radius 2 is 1.47 bits per heavy atom. The zero-order chi connectivity index (χ0) is 12.7. The zero-order valence-corrected chi connectivity index (χ0v) is 11.2. The highest BCUT2D eigenvalue weighted by molar-refractivity contribution is 5.29. The van der Waals surface area contributed by atoms with Crippen LogP contribution in [0, 0.1) is 0 Å². The van der Waals surface area contributed by atoms with Gasteiger partial charge in [-0.25, -0.2) is 0 Å². The van der Waals surface area contributed by atoms with E-state index in [4.69, 9.17) is 14.2 Å². The first-order chi connectivity index (χ1) is 8.22. The van der Waals surface area contributed by atoms with Crippen molar-refractivity contribution in [1.82, 2.24) is 0 Å². The average molecular weight is 238 g/mol. The van der Waals surface area contributed by atoms with Crippen molar-refractivity contribution in [3.05, 3.63) is 29.8 Å². The second-order valence-electron chi connectivity index (χ2n) is 3.70. The lowest BCUT2D eigenvalue weighted by Gasteiger charge is -2.32. The van der Waals surface area contributed by atoms with E-state index in [1.807, 2.05) is 38.1 Å². The maximum atomic E-state index is 5.82. The topological polar surface area (TPSA) is 27.7 Å². The van der Waals surface area contributed by atoms with Gasteiger partial charge >= 0.3 is 0 Å². The summed E-state index contributed by atoms with van der Waals surface area (Å²) >= 11 is 0. The van der Waals surface area contributed by atoms with Crippen LogP contribution in [0.3, 0.4) is 0 Å². The van der Waals surface area contributed by atoms with Crippen molar-refractivity contribution in [2.75, 3.05) is 20.3 Å². The first-order valence-corrected chi connectivity index (χ1v) is 6.14. The smallest absolute Gasteiger partial charge is 0.194 e. The molecule has 0 fully saturated rings. The summed E-state index contributed by atoms with van der Waals surface area (Å²) < 4.78 is 16.8. The second kappa shape index (κ2) is 6.62. The van der Waals surface area contributed by atoms with E-state index < -0.39 is 5.79 Å². The van der Waals surface area contributed by atoms with Gasteiger partial charge in [0.05, 0.1) is 7.11 Å². The van der Waals surface area contributed by atoms with Crippen molar-refractivity contribution in [2.24, 2.45) is 0 Å². The van der Waals surface area contributed by atoms with Gasteiger partial charge in [-0.2, -0.15) is 0 Å². The van der Waals surface area contributed by atoms with Crippen LogP contribution in [0.1, 0.15) is 32.8 Å². The largest absolute Gasteiger partial charge is 0.497 e. The molecule has 0 aromatic heterocycles. The van der Waals surface area contributed by atoms with Gasteiger partial charge in [-0.3, -0.25) is 0 Å². The Morgan fingerprint density at radius 3 is 1.82 bits per heavy atom. The number of methoxy groups -OCH3 is 1. The molecule has 0 aliphatic carbocycles. The van der Waals surface area contributed by atoms with E-state index in [9.17, 15) is 0 Å². The van der Waals surface area contributed by atoms with Gasteiger partial charge < -0.3 is 14.2 Å². The molecule has 0 radical (unpaired) electrons. The number of hydrogen-bond acceptors (Lipinski definition) is 3. The lowest BCUT2D eigenvalue weighted by Crippen LogP contribution is -2.32. The first-order valence-electron chi connectivity index (χ1n) is 6.14. The molecule has 1 rings (SSSR count). The third kappa shape index (κ3) is 3.20. The number of hydrogen-bond donors (Lipinski definition) is 0. The van der Waals surface area contributed by atoms with Crippen LogP contribution in [0.15, 0.2) is 24.3 Å². The number of ether oxygens (including phenoxy) is 3. The summed E-state index contributed by atoms with van der Waals surface area (Å²) in [5.41, 5.74) is 1.03. The van der Waals surface area contributed by atoms with Gasteiger partial charge in [0, 0.05) is 25.2 Å². The highest BCUT2D eigenvalue weighted by atomic mass is 16.7. The van der Waals surface area contributed by atoms with Gasteiger partial charge in [-0.1, -0.05) is 6.92 Å². The molecule has 0 heterocycles. The van der Waals surface area contributed by atoms with Crippen LogP contribution in [-0.4, -0.2) is 20.3 Å². The molecule has 0 bridgehead atoms. The molecule has 0 aliphatic rings. The van der Waals surface area contributed by atoms with Gasteiger partial charge in [0.25, 0.3) is 0 Å². The zero-order valence-electron chi connectivity index (χ0n) is 11.2.